The molecule has 1 aromatic rings. The molecule has 3 N–H and O–H groups in total. The fourth-order valence-corrected chi connectivity index (χ4v) is 2.35. The lowest BCUT2D eigenvalue weighted by Gasteiger charge is -2.12. The van der Waals surface area contributed by atoms with Gasteiger partial charge in [0.05, 0.1) is 16.7 Å². The molecule has 27 heavy (non-hydrogen) atoms. The molecule has 6 nitrogen and oxygen atoms in total. The van der Waals surface area contributed by atoms with Gasteiger partial charge in [0.25, 0.3) is 0 Å². The molecule has 6 heteroatoms. The molecule has 0 bridgehead atoms. The van der Waals surface area contributed by atoms with E-state index in [4.69, 9.17) is 0 Å². The molecule has 0 unspecified atom stereocenters. The summed E-state index contributed by atoms with van der Waals surface area (Å²) >= 11 is 0. The smallest absolute Gasteiger partial charge is 0.140 e. The molecule has 0 aromatic heterocycles. The van der Waals surface area contributed by atoms with Gasteiger partial charge in [0, 0.05) is 38.3 Å². The van der Waals surface area contributed by atoms with E-state index in [9.17, 15) is 15.3 Å². The van der Waals surface area contributed by atoms with Crippen LogP contribution in [-0.2, 0) is 0 Å². The number of hydrogen-bond donors (Lipinski definition) is 3. The van der Waals surface area contributed by atoms with E-state index in [-0.39, 0.29) is 33.9 Å². The molecule has 0 saturated carbocycles. The van der Waals surface area contributed by atoms with Gasteiger partial charge < -0.3 is 15.3 Å². The van der Waals surface area contributed by atoms with Crippen LogP contribution in [0.2, 0.25) is 0 Å². The minimum Gasteiger partial charge on any atom is -0.506 e. The van der Waals surface area contributed by atoms with Crippen LogP contribution < -0.4 is 0 Å². The third-order valence-electron chi connectivity index (χ3n) is 4.11. The molecule has 150 valence electrons. The lowest BCUT2D eigenvalue weighted by molar-refractivity contribution is 0.424. The van der Waals surface area contributed by atoms with Crippen molar-refractivity contribution in [3.05, 3.63) is 16.7 Å². The topological polar surface area (TPSA) is 97.8 Å². The first kappa shape index (κ1) is 22.7. The van der Waals surface area contributed by atoms with Gasteiger partial charge in [-0.2, -0.15) is 0 Å². The van der Waals surface area contributed by atoms with Crippen molar-refractivity contribution in [3.63, 3.8) is 0 Å². The summed E-state index contributed by atoms with van der Waals surface area (Å²) in [4.78, 5) is 12.8. The number of aromatic hydroxyl groups is 3. The Hall–Kier alpha value is -2.37. The van der Waals surface area contributed by atoms with Crippen molar-refractivity contribution in [2.75, 3.05) is 19.6 Å². The highest BCUT2D eigenvalue weighted by molar-refractivity contribution is 6.03. The molecule has 0 atom stereocenters. The summed E-state index contributed by atoms with van der Waals surface area (Å²) < 4.78 is 0. The van der Waals surface area contributed by atoms with Crippen molar-refractivity contribution in [3.8, 4) is 17.2 Å². The molecule has 1 rings (SSSR count). The number of unbranched alkanes of at least 4 members (excludes halogenated alkanes) is 3. The summed E-state index contributed by atoms with van der Waals surface area (Å²) in [5, 5.41) is 31.7. The van der Waals surface area contributed by atoms with Gasteiger partial charge in [-0.25, -0.2) is 0 Å². The second-order valence-electron chi connectivity index (χ2n) is 6.45. The van der Waals surface area contributed by atoms with Crippen LogP contribution in [0.25, 0.3) is 0 Å². The Labute approximate surface area is 162 Å². The Bertz CT molecular complexity index is 556. The predicted molar refractivity (Wildman–Crippen MR) is 114 cm³/mol. The van der Waals surface area contributed by atoms with Crippen LogP contribution >= 0.6 is 0 Å². The highest BCUT2D eigenvalue weighted by Gasteiger charge is 2.20. The van der Waals surface area contributed by atoms with Gasteiger partial charge >= 0.3 is 0 Å². The van der Waals surface area contributed by atoms with E-state index in [1.54, 1.807) is 0 Å². The minimum atomic E-state index is -0.226. The molecule has 0 amide bonds. The first-order valence-electron chi connectivity index (χ1n) is 9.88. The van der Waals surface area contributed by atoms with Gasteiger partial charge in [-0.15, -0.1) is 0 Å². The minimum absolute atomic E-state index is 0.179. The van der Waals surface area contributed by atoms with Crippen LogP contribution in [0.4, 0.5) is 0 Å². The van der Waals surface area contributed by atoms with Crippen molar-refractivity contribution in [2.45, 2.75) is 59.3 Å². The molecular weight excluding hydrogens is 342 g/mol. The van der Waals surface area contributed by atoms with Gasteiger partial charge in [-0.05, 0) is 19.3 Å². The van der Waals surface area contributed by atoms with E-state index in [2.05, 4.69) is 35.7 Å². The van der Waals surface area contributed by atoms with E-state index in [1.165, 1.54) is 18.6 Å². The monoisotopic (exact) mass is 375 g/mol. The zero-order chi connectivity index (χ0) is 20.1. The second kappa shape index (κ2) is 12.9. The second-order valence-corrected chi connectivity index (χ2v) is 6.45. The third kappa shape index (κ3) is 7.04. The number of phenols is 3. The Balaban J connectivity index is 3.32. The summed E-state index contributed by atoms with van der Waals surface area (Å²) in [6.07, 6.45) is 10.2. The van der Waals surface area contributed by atoms with E-state index < -0.39 is 0 Å². The van der Waals surface area contributed by atoms with Crippen molar-refractivity contribution < 1.29 is 15.3 Å². The van der Waals surface area contributed by atoms with E-state index >= 15 is 0 Å². The Kier molecular flexibility index (Phi) is 10.8. The normalized spacial score (nSPS) is 12.1. The number of benzene rings is 1. The molecule has 0 aliphatic carbocycles. The van der Waals surface area contributed by atoms with Crippen molar-refractivity contribution in [1.82, 2.24) is 0 Å². The Morgan fingerprint density at radius 1 is 0.556 bits per heavy atom. The highest BCUT2D eigenvalue weighted by Crippen LogP contribution is 2.39. The Morgan fingerprint density at radius 2 is 0.815 bits per heavy atom. The van der Waals surface area contributed by atoms with Crippen LogP contribution in [0.3, 0.4) is 0 Å². The number of phenolic OH excluding ortho intramolecular Hbond substituents is 3. The zero-order valence-electron chi connectivity index (χ0n) is 16.8. The van der Waals surface area contributed by atoms with Gasteiger partial charge in [0.1, 0.15) is 17.2 Å². The fourth-order valence-electron chi connectivity index (χ4n) is 2.35. The number of aliphatic imine (C=N–C) groups is 3. The van der Waals surface area contributed by atoms with Crippen molar-refractivity contribution in [2.24, 2.45) is 15.0 Å². The first-order valence-corrected chi connectivity index (χ1v) is 9.88. The van der Waals surface area contributed by atoms with Gasteiger partial charge in [0.2, 0.25) is 0 Å². The molecule has 0 aliphatic heterocycles. The summed E-state index contributed by atoms with van der Waals surface area (Å²) in [5.74, 6) is -0.677. The largest absolute Gasteiger partial charge is 0.506 e. The molecule has 1 aromatic carbocycles. The summed E-state index contributed by atoms with van der Waals surface area (Å²) in [6.45, 7) is 8.03. The maximum absolute atomic E-state index is 10.6. The van der Waals surface area contributed by atoms with Gasteiger partial charge in [0.15, 0.2) is 0 Å². The average Bonchev–Trinajstić information content (AvgIpc) is 2.66. The lowest BCUT2D eigenvalue weighted by Crippen LogP contribution is -1.99. The van der Waals surface area contributed by atoms with Gasteiger partial charge in [-0.3, -0.25) is 15.0 Å². The van der Waals surface area contributed by atoms with E-state index in [0.29, 0.717) is 19.6 Å². The SMILES string of the molecule is CCCC/N=C/c1c(O)c(/C=N/CCCC)c(O)c(/C=N/CCCC)c1O. The molecule has 0 aliphatic rings. The van der Waals surface area contributed by atoms with Crippen LogP contribution in [0, 0.1) is 0 Å². The van der Waals surface area contributed by atoms with Crippen LogP contribution in [0.15, 0.2) is 15.0 Å². The van der Waals surface area contributed by atoms with Gasteiger partial charge in [-0.1, -0.05) is 40.0 Å². The quantitative estimate of drug-likeness (QED) is 0.371. The van der Waals surface area contributed by atoms with E-state index in [0.717, 1.165) is 38.5 Å². The van der Waals surface area contributed by atoms with E-state index in [1.807, 2.05) is 0 Å². The molecule has 0 heterocycles. The van der Waals surface area contributed by atoms with Crippen molar-refractivity contribution >= 4 is 18.6 Å². The van der Waals surface area contributed by atoms with Crippen molar-refractivity contribution in [1.29, 1.82) is 0 Å². The molecule has 0 spiro atoms. The first-order chi connectivity index (χ1) is 13.1. The summed E-state index contributed by atoms with van der Waals surface area (Å²) in [5.41, 5.74) is 0.536. The summed E-state index contributed by atoms with van der Waals surface area (Å²) in [7, 11) is 0. The average molecular weight is 376 g/mol. The maximum Gasteiger partial charge on any atom is 0.140 e. The van der Waals surface area contributed by atoms with Crippen LogP contribution in [0.5, 0.6) is 17.2 Å². The molecule has 0 saturated heterocycles. The summed E-state index contributed by atoms with van der Waals surface area (Å²) in [6, 6.07) is 0. The van der Waals surface area contributed by atoms with Crippen LogP contribution in [-0.4, -0.2) is 53.6 Å². The molecule has 0 fully saturated rings. The Morgan fingerprint density at radius 3 is 1.04 bits per heavy atom. The highest BCUT2D eigenvalue weighted by atomic mass is 16.3. The lowest BCUT2D eigenvalue weighted by atomic mass is 10.0. The predicted octanol–water partition coefficient (Wildman–Crippen LogP) is 4.46. The number of rotatable bonds is 12. The third-order valence-corrected chi connectivity index (χ3v) is 4.11. The number of hydrogen-bond acceptors (Lipinski definition) is 6. The van der Waals surface area contributed by atoms with Crippen LogP contribution in [0.1, 0.15) is 76.0 Å². The molecule has 0 radical (unpaired) electrons. The number of nitrogens with zero attached hydrogens (tertiary/aromatic N) is 3. The standard InChI is InChI=1S/C21H33N3O3/c1-4-7-10-22-13-16-19(25)17(14-23-11-8-5-2)21(27)18(20(16)26)15-24-12-9-6-3/h13-15,25-27H,4-12H2,1-3H3/b22-13+,23-14+,24-15+. The molecular formula is C21H33N3O3. The zero-order valence-corrected chi connectivity index (χ0v) is 16.8. The maximum atomic E-state index is 10.6. The fraction of sp³-hybridized carbons (Fsp3) is 0.571.